The molecule has 134 valence electrons. The molecule has 0 saturated carbocycles. The highest BCUT2D eigenvalue weighted by Crippen LogP contribution is 2.20. The van der Waals surface area contributed by atoms with E-state index in [-0.39, 0.29) is 30.4 Å². The molecule has 1 amide bonds. The molecule has 0 atom stereocenters. The maximum Gasteiger partial charge on any atom is 0.345 e. The molecule has 0 aliphatic carbocycles. The number of aromatic nitrogens is 1. The molecule has 0 radical (unpaired) electrons. The molecule has 0 spiro atoms. The predicted octanol–water partition coefficient (Wildman–Crippen LogP) is 3.27. The SMILES string of the molecule is CCOC(=O)c1c(C)noc1NC(=O)CCCOc1ccc(C)cc1. The first-order valence-electron chi connectivity index (χ1n) is 8.14. The number of anilines is 1. The molecule has 2 aromatic rings. The Morgan fingerprint density at radius 2 is 1.92 bits per heavy atom. The van der Waals surface area contributed by atoms with Crippen molar-refractivity contribution in [3.8, 4) is 5.75 Å². The fourth-order valence-electron chi connectivity index (χ4n) is 2.15. The zero-order valence-electron chi connectivity index (χ0n) is 14.6. The first kappa shape index (κ1) is 18.5. The molecule has 7 nitrogen and oxygen atoms in total. The molecule has 1 aromatic heterocycles. The molecular weight excluding hydrogens is 324 g/mol. The van der Waals surface area contributed by atoms with Gasteiger partial charge in [-0.2, -0.15) is 0 Å². The number of esters is 1. The second-order valence-corrected chi connectivity index (χ2v) is 5.51. The number of amides is 1. The Morgan fingerprint density at radius 1 is 1.20 bits per heavy atom. The minimum atomic E-state index is -0.570. The molecule has 0 unspecified atom stereocenters. The van der Waals surface area contributed by atoms with Gasteiger partial charge < -0.3 is 14.0 Å². The monoisotopic (exact) mass is 346 g/mol. The van der Waals surface area contributed by atoms with Gasteiger partial charge in [0.15, 0.2) is 0 Å². The number of carbonyl (C=O) groups excluding carboxylic acids is 2. The number of hydrogen-bond donors (Lipinski definition) is 1. The number of hydrogen-bond acceptors (Lipinski definition) is 6. The Hall–Kier alpha value is -2.83. The van der Waals surface area contributed by atoms with Gasteiger partial charge in [0.1, 0.15) is 11.3 Å². The van der Waals surface area contributed by atoms with Gasteiger partial charge in [-0.1, -0.05) is 22.9 Å². The van der Waals surface area contributed by atoms with Crippen LogP contribution in [0.15, 0.2) is 28.8 Å². The smallest absolute Gasteiger partial charge is 0.345 e. The summed E-state index contributed by atoms with van der Waals surface area (Å²) in [5.74, 6) is -0.0738. The van der Waals surface area contributed by atoms with E-state index in [1.54, 1.807) is 13.8 Å². The Balaban J connectivity index is 1.80. The molecule has 2 rings (SSSR count). The summed E-state index contributed by atoms with van der Waals surface area (Å²) in [4.78, 5) is 23.9. The summed E-state index contributed by atoms with van der Waals surface area (Å²) in [5, 5.41) is 6.25. The number of benzene rings is 1. The van der Waals surface area contributed by atoms with Crippen LogP contribution >= 0.6 is 0 Å². The van der Waals surface area contributed by atoms with Gasteiger partial charge >= 0.3 is 5.97 Å². The molecule has 1 N–H and O–H groups in total. The lowest BCUT2D eigenvalue weighted by atomic mass is 10.2. The van der Waals surface area contributed by atoms with Crippen molar-refractivity contribution in [2.75, 3.05) is 18.5 Å². The minimum Gasteiger partial charge on any atom is -0.494 e. The lowest BCUT2D eigenvalue weighted by Crippen LogP contribution is -2.15. The van der Waals surface area contributed by atoms with Crippen LogP contribution in [-0.2, 0) is 9.53 Å². The van der Waals surface area contributed by atoms with Crippen molar-refractivity contribution in [1.82, 2.24) is 5.16 Å². The van der Waals surface area contributed by atoms with Gasteiger partial charge in [0, 0.05) is 6.42 Å². The van der Waals surface area contributed by atoms with E-state index in [0.717, 1.165) is 11.3 Å². The molecule has 0 saturated heterocycles. The lowest BCUT2D eigenvalue weighted by Gasteiger charge is -2.07. The maximum absolute atomic E-state index is 12.0. The van der Waals surface area contributed by atoms with E-state index in [1.165, 1.54) is 0 Å². The largest absolute Gasteiger partial charge is 0.494 e. The standard InChI is InChI=1S/C18H22N2O5/c1-4-23-18(22)16-13(3)20-25-17(16)19-15(21)6-5-11-24-14-9-7-12(2)8-10-14/h7-10H,4-6,11H2,1-3H3,(H,19,21). The van der Waals surface area contributed by atoms with Crippen LogP contribution in [-0.4, -0.2) is 30.2 Å². The Bertz CT molecular complexity index is 722. The van der Waals surface area contributed by atoms with E-state index in [9.17, 15) is 9.59 Å². The summed E-state index contributed by atoms with van der Waals surface area (Å²) in [5.41, 5.74) is 1.68. The minimum absolute atomic E-state index is 0.0143. The van der Waals surface area contributed by atoms with Crippen LogP contribution < -0.4 is 10.1 Å². The van der Waals surface area contributed by atoms with E-state index in [0.29, 0.717) is 18.7 Å². The zero-order chi connectivity index (χ0) is 18.2. The molecule has 7 heteroatoms. The predicted molar refractivity (Wildman–Crippen MR) is 91.7 cm³/mol. The van der Waals surface area contributed by atoms with E-state index >= 15 is 0 Å². The first-order valence-corrected chi connectivity index (χ1v) is 8.14. The van der Waals surface area contributed by atoms with Crippen LogP contribution in [0.25, 0.3) is 0 Å². The summed E-state index contributed by atoms with van der Waals surface area (Å²) < 4.78 is 15.5. The molecule has 1 aromatic carbocycles. The number of ether oxygens (including phenoxy) is 2. The quantitative estimate of drug-likeness (QED) is 0.583. The number of nitrogens with one attached hydrogen (secondary N) is 1. The lowest BCUT2D eigenvalue weighted by molar-refractivity contribution is -0.116. The number of aryl methyl sites for hydroxylation is 2. The topological polar surface area (TPSA) is 90.7 Å². The van der Waals surface area contributed by atoms with E-state index < -0.39 is 5.97 Å². The van der Waals surface area contributed by atoms with Gasteiger partial charge in [0.05, 0.1) is 18.9 Å². The fourth-order valence-corrected chi connectivity index (χ4v) is 2.15. The van der Waals surface area contributed by atoms with Crippen molar-refractivity contribution >= 4 is 17.8 Å². The molecular formula is C18H22N2O5. The molecule has 0 aliphatic rings. The van der Waals surface area contributed by atoms with Gasteiger partial charge in [-0.25, -0.2) is 4.79 Å². The van der Waals surface area contributed by atoms with Crippen molar-refractivity contribution in [2.45, 2.75) is 33.6 Å². The van der Waals surface area contributed by atoms with Crippen LogP contribution in [0.5, 0.6) is 5.75 Å². The molecule has 0 aliphatic heterocycles. The normalized spacial score (nSPS) is 10.4. The fraction of sp³-hybridized carbons (Fsp3) is 0.389. The van der Waals surface area contributed by atoms with Crippen molar-refractivity contribution in [1.29, 1.82) is 0 Å². The third kappa shape index (κ3) is 5.34. The van der Waals surface area contributed by atoms with E-state index in [2.05, 4.69) is 10.5 Å². The van der Waals surface area contributed by atoms with E-state index in [1.807, 2.05) is 31.2 Å². The molecule has 25 heavy (non-hydrogen) atoms. The number of nitrogens with zero attached hydrogens (tertiary/aromatic N) is 1. The van der Waals surface area contributed by atoms with Crippen molar-refractivity contribution in [3.63, 3.8) is 0 Å². The van der Waals surface area contributed by atoms with Crippen LogP contribution in [0, 0.1) is 13.8 Å². The average Bonchev–Trinajstić information content (AvgIpc) is 2.94. The average molecular weight is 346 g/mol. The van der Waals surface area contributed by atoms with Gasteiger partial charge in [-0.3, -0.25) is 10.1 Å². The van der Waals surface area contributed by atoms with Crippen LogP contribution in [0.2, 0.25) is 0 Å². The number of carbonyl (C=O) groups is 2. The van der Waals surface area contributed by atoms with Gasteiger partial charge in [0.25, 0.3) is 0 Å². The summed E-state index contributed by atoms with van der Waals surface area (Å²) in [6, 6.07) is 7.70. The van der Waals surface area contributed by atoms with E-state index in [4.69, 9.17) is 14.0 Å². The summed E-state index contributed by atoms with van der Waals surface area (Å²) in [7, 11) is 0. The first-order chi connectivity index (χ1) is 12.0. The van der Waals surface area contributed by atoms with Crippen molar-refractivity contribution < 1.29 is 23.6 Å². The number of rotatable bonds is 8. The van der Waals surface area contributed by atoms with Crippen molar-refractivity contribution in [2.24, 2.45) is 0 Å². The summed E-state index contributed by atoms with van der Waals surface area (Å²) in [6.45, 7) is 5.96. The third-order valence-corrected chi connectivity index (χ3v) is 3.43. The molecule has 1 heterocycles. The third-order valence-electron chi connectivity index (χ3n) is 3.43. The molecule has 0 fully saturated rings. The van der Waals surface area contributed by atoms with Crippen LogP contribution in [0.4, 0.5) is 5.88 Å². The Labute approximate surface area is 146 Å². The van der Waals surface area contributed by atoms with Crippen LogP contribution in [0.1, 0.15) is 41.4 Å². The van der Waals surface area contributed by atoms with Gasteiger partial charge in [-0.05, 0) is 39.3 Å². The second-order valence-electron chi connectivity index (χ2n) is 5.51. The Morgan fingerprint density at radius 3 is 2.60 bits per heavy atom. The van der Waals surface area contributed by atoms with Gasteiger partial charge in [-0.15, -0.1) is 0 Å². The van der Waals surface area contributed by atoms with Gasteiger partial charge in [0.2, 0.25) is 11.8 Å². The highest BCUT2D eigenvalue weighted by molar-refractivity contribution is 6.00. The second kappa shape index (κ2) is 8.86. The van der Waals surface area contributed by atoms with Crippen molar-refractivity contribution in [3.05, 3.63) is 41.1 Å². The highest BCUT2D eigenvalue weighted by Gasteiger charge is 2.23. The van der Waals surface area contributed by atoms with Crippen LogP contribution in [0.3, 0.4) is 0 Å². The zero-order valence-corrected chi connectivity index (χ0v) is 14.6. The maximum atomic E-state index is 12.0. The molecule has 0 bridgehead atoms. The Kier molecular flexibility index (Phi) is 6.56. The highest BCUT2D eigenvalue weighted by atomic mass is 16.5. The summed E-state index contributed by atoms with van der Waals surface area (Å²) >= 11 is 0. The summed E-state index contributed by atoms with van der Waals surface area (Å²) in [6.07, 6.45) is 0.759.